The van der Waals surface area contributed by atoms with Crippen LogP contribution in [0.15, 0.2) is 30.5 Å². The number of carboxylic acids is 1. The number of amides is 3. The van der Waals surface area contributed by atoms with Gasteiger partial charge in [-0.25, -0.2) is 4.79 Å². The first kappa shape index (κ1) is 29.5. The number of carbonyl (C=O) groups is 4. The minimum atomic E-state index is -1.15. The van der Waals surface area contributed by atoms with Crippen LogP contribution in [0.4, 0.5) is 0 Å². The second-order valence-electron chi connectivity index (χ2n) is 8.83. The smallest absolute Gasteiger partial charge is 0.326 e. The average Bonchev–Trinajstić information content (AvgIpc) is 3.26. The third kappa shape index (κ3) is 8.17. The number of rotatable bonds is 14. The van der Waals surface area contributed by atoms with Gasteiger partial charge in [0.05, 0.1) is 6.04 Å². The summed E-state index contributed by atoms with van der Waals surface area (Å²) in [4.78, 5) is 53.7. The van der Waals surface area contributed by atoms with Gasteiger partial charge in [-0.15, -0.1) is 0 Å². The van der Waals surface area contributed by atoms with Crippen molar-refractivity contribution in [1.29, 1.82) is 0 Å². The van der Waals surface area contributed by atoms with Crippen molar-refractivity contribution in [3.05, 3.63) is 36.0 Å². The van der Waals surface area contributed by atoms with Crippen molar-refractivity contribution in [2.75, 3.05) is 17.8 Å². The molecule has 2 rings (SSSR count). The highest BCUT2D eigenvalue weighted by molar-refractivity contribution is 7.98. The van der Waals surface area contributed by atoms with Crippen LogP contribution in [-0.2, 0) is 25.6 Å². The largest absolute Gasteiger partial charge is 0.480 e. The van der Waals surface area contributed by atoms with E-state index in [1.807, 2.05) is 30.5 Å². The van der Waals surface area contributed by atoms with E-state index in [-0.39, 0.29) is 24.5 Å². The predicted octanol–water partition coefficient (Wildman–Crippen LogP) is 0.916. The molecule has 0 bridgehead atoms. The van der Waals surface area contributed by atoms with Crippen LogP contribution in [-0.4, -0.2) is 75.7 Å². The minimum Gasteiger partial charge on any atom is -0.480 e. The van der Waals surface area contributed by atoms with E-state index in [1.165, 1.54) is 11.8 Å². The number of nitrogens with one attached hydrogen (secondary N) is 4. The number of benzene rings is 1. The maximum Gasteiger partial charge on any atom is 0.326 e. The molecule has 0 saturated heterocycles. The van der Waals surface area contributed by atoms with E-state index in [9.17, 15) is 24.3 Å². The fraction of sp³-hybridized carbons (Fsp3) is 0.500. The molecule has 4 unspecified atom stereocenters. The van der Waals surface area contributed by atoms with Crippen LogP contribution in [0.1, 0.15) is 25.8 Å². The summed E-state index contributed by atoms with van der Waals surface area (Å²) >= 11 is 5.49. The van der Waals surface area contributed by atoms with Crippen molar-refractivity contribution < 1.29 is 24.3 Å². The van der Waals surface area contributed by atoms with E-state index >= 15 is 0 Å². The second kappa shape index (κ2) is 14.1. The molecular weight excluding hydrogens is 502 g/mol. The number of aromatic amines is 1. The summed E-state index contributed by atoms with van der Waals surface area (Å²) in [6, 6.07) is 3.52. The van der Waals surface area contributed by atoms with Gasteiger partial charge in [-0.2, -0.15) is 24.4 Å². The number of para-hydroxylation sites is 1. The summed E-state index contributed by atoms with van der Waals surface area (Å²) in [6.07, 6.45) is 3.96. The maximum absolute atomic E-state index is 13.3. The third-order valence-corrected chi connectivity index (χ3v) is 6.77. The van der Waals surface area contributed by atoms with Gasteiger partial charge in [0, 0.05) is 29.3 Å². The Morgan fingerprint density at radius 1 is 1.06 bits per heavy atom. The Balaban J connectivity index is 2.30. The first-order valence-electron chi connectivity index (χ1n) is 11.6. The molecule has 36 heavy (non-hydrogen) atoms. The number of carbonyl (C=O) groups excluding carboxylic acids is 3. The molecule has 0 radical (unpaired) electrons. The lowest BCUT2D eigenvalue weighted by molar-refractivity contribution is -0.142. The molecule has 7 N–H and O–H groups in total. The van der Waals surface area contributed by atoms with Gasteiger partial charge in [-0.1, -0.05) is 32.0 Å². The Morgan fingerprint density at radius 3 is 2.33 bits per heavy atom. The summed E-state index contributed by atoms with van der Waals surface area (Å²) in [5.74, 6) is -2.52. The van der Waals surface area contributed by atoms with E-state index in [4.69, 9.17) is 5.73 Å². The molecule has 10 nitrogen and oxygen atoms in total. The van der Waals surface area contributed by atoms with Gasteiger partial charge < -0.3 is 31.8 Å². The fourth-order valence-electron chi connectivity index (χ4n) is 3.63. The molecule has 0 saturated carbocycles. The van der Waals surface area contributed by atoms with Crippen LogP contribution < -0.4 is 21.7 Å². The van der Waals surface area contributed by atoms with Crippen LogP contribution in [0.2, 0.25) is 0 Å². The number of thiol groups is 1. The molecule has 4 atom stereocenters. The summed E-state index contributed by atoms with van der Waals surface area (Å²) in [6.45, 7) is 3.52. The average molecular weight is 538 g/mol. The van der Waals surface area contributed by atoms with Crippen molar-refractivity contribution in [3.8, 4) is 0 Å². The molecule has 3 amide bonds. The Kier molecular flexibility index (Phi) is 11.6. The molecule has 1 heterocycles. The van der Waals surface area contributed by atoms with Crippen LogP contribution in [0, 0.1) is 5.92 Å². The molecule has 12 heteroatoms. The number of nitrogens with two attached hydrogens (primary N) is 1. The zero-order valence-electron chi connectivity index (χ0n) is 20.6. The first-order valence-corrected chi connectivity index (χ1v) is 13.7. The normalized spacial score (nSPS) is 14.6. The van der Waals surface area contributed by atoms with Crippen molar-refractivity contribution >= 4 is 59.0 Å². The minimum absolute atomic E-state index is 0.108. The van der Waals surface area contributed by atoms with E-state index in [1.54, 1.807) is 20.0 Å². The third-order valence-electron chi connectivity index (χ3n) is 5.74. The number of hydrogen-bond acceptors (Lipinski definition) is 7. The highest BCUT2D eigenvalue weighted by Crippen LogP contribution is 2.19. The number of carboxylic acid groups (broad SMARTS) is 1. The Hall–Kier alpha value is -2.70. The lowest BCUT2D eigenvalue weighted by Gasteiger charge is -2.27. The number of hydrogen-bond donors (Lipinski definition) is 7. The van der Waals surface area contributed by atoms with Gasteiger partial charge in [0.2, 0.25) is 17.7 Å². The van der Waals surface area contributed by atoms with Gasteiger partial charge >= 0.3 is 5.97 Å². The summed E-state index contributed by atoms with van der Waals surface area (Å²) in [7, 11) is 0. The van der Waals surface area contributed by atoms with Crippen molar-refractivity contribution in [3.63, 3.8) is 0 Å². The summed E-state index contributed by atoms with van der Waals surface area (Å²) < 4.78 is 0. The van der Waals surface area contributed by atoms with E-state index in [2.05, 4.69) is 33.6 Å². The van der Waals surface area contributed by atoms with Gasteiger partial charge in [0.25, 0.3) is 0 Å². The molecule has 0 aliphatic heterocycles. The lowest BCUT2D eigenvalue weighted by atomic mass is 10.00. The van der Waals surface area contributed by atoms with Crippen molar-refractivity contribution in [1.82, 2.24) is 20.9 Å². The zero-order chi connectivity index (χ0) is 26.8. The molecule has 0 fully saturated rings. The molecule has 0 aliphatic rings. The monoisotopic (exact) mass is 537 g/mol. The molecular formula is C24H35N5O5S2. The Morgan fingerprint density at radius 2 is 1.72 bits per heavy atom. The van der Waals surface area contributed by atoms with Gasteiger partial charge in [-0.05, 0) is 36.0 Å². The number of aliphatic carboxylic acids is 1. The van der Waals surface area contributed by atoms with E-state index in [0.717, 1.165) is 16.5 Å². The van der Waals surface area contributed by atoms with Crippen molar-refractivity contribution in [2.24, 2.45) is 11.7 Å². The van der Waals surface area contributed by atoms with Gasteiger partial charge in [0.15, 0.2) is 0 Å². The molecule has 1 aromatic heterocycles. The van der Waals surface area contributed by atoms with Crippen LogP contribution in [0.3, 0.4) is 0 Å². The van der Waals surface area contributed by atoms with E-state index < -0.39 is 47.9 Å². The zero-order valence-corrected chi connectivity index (χ0v) is 22.3. The fourth-order valence-corrected chi connectivity index (χ4v) is 4.27. The highest BCUT2D eigenvalue weighted by Gasteiger charge is 2.32. The Bertz CT molecular complexity index is 1060. The summed E-state index contributed by atoms with van der Waals surface area (Å²) in [5.41, 5.74) is 7.39. The lowest BCUT2D eigenvalue weighted by Crippen LogP contribution is -2.59. The number of fused-ring (bicyclic) bond motifs is 1. The first-order chi connectivity index (χ1) is 17.1. The Labute approximate surface area is 220 Å². The molecule has 0 spiro atoms. The number of thioether (sulfide) groups is 1. The molecule has 198 valence electrons. The summed E-state index contributed by atoms with van der Waals surface area (Å²) in [5, 5.41) is 18.4. The van der Waals surface area contributed by atoms with Gasteiger partial charge in [-0.3, -0.25) is 14.4 Å². The van der Waals surface area contributed by atoms with Crippen molar-refractivity contribution in [2.45, 2.75) is 50.9 Å². The van der Waals surface area contributed by atoms with Crippen LogP contribution in [0.5, 0.6) is 0 Å². The SMILES string of the molecule is CSCCC(NC(=O)C(Cc1c[nH]c2ccccc12)NC(=O)C(NC(=O)C(N)CS)C(C)C)C(=O)O. The van der Waals surface area contributed by atoms with Crippen LogP contribution in [0.25, 0.3) is 10.9 Å². The molecule has 2 aromatic rings. The second-order valence-corrected chi connectivity index (χ2v) is 10.2. The number of aromatic nitrogens is 1. The highest BCUT2D eigenvalue weighted by atomic mass is 32.2. The quantitative estimate of drug-likeness (QED) is 0.176. The van der Waals surface area contributed by atoms with Crippen LogP contribution >= 0.6 is 24.4 Å². The molecule has 1 aromatic carbocycles. The topological polar surface area (TPSA) is 166 Å². The molecule has 0 aliphatic carbocycles. The predicted molar refractivity (Wildman–Crippen MR) is 145 cm³/mol. The van der Waals surface area contributed by atoms with E-state index in [0.29, 0.717) is 5.75 Å². The van der Waals surface area contributed by atoms with Gasteiger partial charge in [0.1, 0.15) is 18.1 Å². The number of H-pyrrole nitrogens is 1. The maximum atomic E-state index is 13.3. The standard InChI is InChI=1S/C24H35N5O5S2/c1-13(2)20(29-21(30)16(25)12-35)23(32)28-19(22(31)27-18(24(33)34)8-9-36-3)10-14-11-26-17-7-5-4-6-15(14)17/h4-7,11,13,16,18-20,26,35H,8-10,12,25H2,1-3H3,(H,27,31)(H,28,32)(H,29,30)(H,33,34).